The van der Waals surface area contributed by atoms with Crippen molar-refractivity contribution in [1.29, 1.82) is 0 Å². The van der Waals surface area contributed by atoms with Crippen LogP contribution in [0.4, 0.5) is 24.5 Å². The number of carbonyl (C=O) groups is 2. The molecule has 1 fully saturated rings. The molecule has 1 aliphatic rings. The predicted molar refractivity (Wildman–Crippen MR) is 133 cm³/mol. The maximum absolute atomic E-state index is 13.5. The van der Waals surface area contributed by atoms with Crippen molar-refractivity contribution >= 4 is 28.8 Å². The number of halogens is 3. The first-order valence-electron chi connectivity index (χ1n) is 11.2. The highest BCUT2D eigenvalue weighted by molar-refractivity contribution is 6.51. The van der Waals surface area contributed by atoms with Crippen molar-refractivity contribution in [3.8, 4) is 0 Å². The van der Waals surface area contributed by atoms with Gasteiger partial charge in [0, 0.05) is 31.0 Å². The summed E-state index contributed by atoms with van der Waals surface area (Å²) in [5.74, 6) is -2.35. The Hall–Kier alpha value is -4.07. The largest absolute Gasteiger partial charge is 0.507 e. The molecule has 0 aromatic heterocycles. The second kappa shape index (κ2) is 9.18. The lowest BCUT2D eigenvalue weighted by atomic mass is 9.93. The number of anilines is 2. The molecule has 1 saturated heterocycles. The van der Waals surface area contributed by atoms with Gasteiger partial charge in [-0.15, -0.1) is 0 Å². The summed E-state index contributed by atoms with van der Waals surface area (Å²) in [4.78, 5) is 29.5. The first kappa shape index (κ1) is 25.0. The lowest BCUT2D eigenvalue weighted by Crippen LogP contribution is -2.29. The third-order valence-corrected chi connectivity index (χ3v) is 6.27. The van der Waals surface area contributed by atoms with Crippen molar-refractivity contribution in [3.63, 3.8) is 0 Å². The maximum Gasteiger partial charge on any atom is 0.416 e. The molecule has 1 N–H and O–H groups in total. The van der Waals surface area contributed by atoms with E-state index in [-0.39, 0.29) is 17.0 Å². The summed E-state index contributed by atoms with van der Waals surface area (Å²) in [6.07, 6.45) is -4.63. The molecule has 3 aromatic rings. The fourth-order valence-electron chi connectivity index (χ4n) is 4.34. The Balaban J connectivity index is 1.97. The van der Waals surface area contributed by atoms with E-state index in [2.05, 4.69) is 0 Å². The van der Waals surface area contributed by atoms with Gasteiger partial charge in [-0.1, -0.05) is 35.9 Å². The number of aryl methyl sites for hydroxylation is 2. The van der Waals surface area contributed by atoms with Gasteiger partial charge in [0.05, 0.1) is 17.2 Å². The monoisotopic (exact) mass is 494 g/mol. The van der Waals surface area contributed by atoms with E-state index < -0.39 is 29.5 Å². The molecule has 1 unspecified atom stereocenters. The van der Waals surface area contributed by atoms with E-state index >= 15 is 0 Å². The summed E-state index contributed by atoms with van der Waals surface area (Å²) in [6, 6.07) is 15.4. The Kier molecular flexibility index (Phi) is 6.39. The third kappa shape index (κ3) is 4.46. The fraction of sp³-hybridized carbons (Fsp3) is 0.214. The average Bonchev–Trinajstić information content (AvgIpc) is 3.10. The van der Waals surface area contributed by atoms with Crippen molar-refractivity contribution in [2.24, 2.45) is 0 Å². The molecule has 1 amide bonds. The lowest BCUT2D eigenvalue weighted by molar-refractivity contribution is -0.137. The molecule has 1 heterocycles. The number of hydrogen-bond acceptors (Lipinski definition) is 4. The molecule has 1 atom stereocenters. The van der Waals surface area contributed by atoms with Gasteiger partial charge in [0.1, 0.15) is 5.76 Å². The molecule has 3 aromatic carbocycles. The summed E-state index contributed by atoms with van der Waals surface area (Å²) in [5.41, 5.74) is 2.02. The van der Waals surface area contributed by atoms with E-state index in [0.29, 0.717) is 16.7 Å². The van der Waals surface area contributed by atoms with Gasteiger partial charge in [0.2, 0.25) is 0 Å². The van der Waals surface area contributed by atoms with Crippen molar-refractivity contribution < 1.29 is 27.9 Å². The number of ketones is 1. The predicted octanol–water partition coefficient (Wildman–Crippen LogP) is 6.01. The van der Waals surface area contributed by atoms with Crippen LogP contribution in [0.5, 0.6) is 0 Å². The molecule has 36 heavy (non-hydrogen) atoms. The van der Waals surface area contributed by atoms with Crippen LogP contribution in [0.2, 0.25) is 0 Å². The van der Waals surface area contributed by atoms with Crippen LogP contribution in [0.3, 0.4) is 0 Å². The number of benzene rings is 3. The minimum Gasteiger partial charge on any atom is -0.507 e. The fourth-order valence-corrected chi connectivity index (χ4v) is 4.34. The molecule has 0 aliphatic carbocycles. The first-order chi connectivity index (χ1) is 16.9. The Labute approximate surface area is 207 Å². The van der Waals surface area contributed by atoms with Crippen LogP contribution in [0.15, 0.2) is 72.3 Å². The van der Waals surface area contributed by atoms with Gasteiger partial charge < -0.3 is 10.0 Å². The van der Waals surface area contributed by atoms with Gasteiger partial charge >= 0.3 is 6.18 Å². The highest BCUT2D eigenvalue weighted by Gasteiger charge is 2.47. The molecule has 0 radical (unpaired) electrons. The van der Waals surface area contributed by atoms with Crippen LogP contribution in [-0.4, -0.2) is 30.9 Å². The number of aliphatic hydroxyl groups excluding tert-OH is 1. The standard InChI is InChI=1S/C28H25F3N2O3/c1-16-8-9-17(2)22(14-16)25(34)23-24(18-10-12-20(13-11-18)32(3)4)33(27(36)26(23)35)21-7-5-6-19(15-21)28(29,30)31/h5-15,24,34H,1-4H3/b25-23+. The molecular weight excluding hydrogens is 469 g/mol. The van der Waals surface area contributed by atoms with Crippen LogP contribution in [-0.2, 0) is 15.8 Å². The van der Waals surface area contributed by atoms with Gasteiger partial charge in [0.15, 0.2) is 0 Å². The summed E-state index contributed by atoms with van der Waals surface area (Å²) in [6.45, 7) is 3.59. The van der Waals surface area contributed by atoms with Gasteiger partial charge in [-0.25, -0.2) is 0 Å². The van der Waals surface area contributed by atoms with Crippen molar-refractivity contribution in [3.05, 3.63) is 100 Å². The molecule has 0 spiro atoms. The highest BCUT2D eigenvalue weighted by Crippen LogP contribution is 2.44. The van der Waals surface area contributed by atoms with E-state index in [1.807, 2.05) is 32.0 Å². The van der Waals surface area contributed by atoms with E-state index in [9.17, 15) is 27.9 Å². The Morgan fingerprint density at radius 3 is 2.22 bits per heavy atom. The van der Waals surface area contributed by atoms with Crippen molar-refractivity contribution in [2.45, 2.75) is 26.1 Å². The van der Waals surface area contributed by atoms with E-state index in [1.165, 1.54) is 12.1 Å². The number of Topliss-reactive ketones (excluding diaryl/α,β-unsaturated/α-hetero) is 1. The summed E-state index contributed by atoms with van der Waals surface area (Å²) in [7, 11) is 3.70. The molecule has 186 valence electrons. The molecule has 5 nitrogen and oxygen atoms in total. The zero-order chi connectivity index (χ0) is 26.4. The van der Waals surface area contributed by atoms with Crippen LogP contribution in [0.1, 0.15) is 33.9 Å². The average molecular weight is 495 g/mol. The number of hydrogen-bond donors (Lipinski definition) is 1. The highest BCUT2D eigenvalue weighted by atomic mass is 19.4. The quantitative estimate of drug-likeness (QED) is 0.274. The summed E-state index contributed by atoms with van der Waals surface area (Å²) >= 11 is 0. The number of alkyl halides is 3. The van der Waals surface area contributed by atoms with Gasteiger partial charge in [-0.05, 0) is 61.4 Å². The molecule has 4 rings (SSSR count). The number of aliphatic hydroxyl groups is 1. The second-order valence-corrected chi connectivity index (χ2v) is 9.02. The van der Waals surface area contributed by atoms with Crippen LogP contribution in [0, 0.1) is 13.8 Å². The van der Waals surface area contributed by atoms with Crippen molar-refractivity contribution in [2.75, 3.05) is 23.9 Å². The topological polar surface area (TPSA) is 60.9 Å². The normalized spacial score (nSPS) is 17.5. The minimum atomic E-state index is -4.63. The van der Waals surface area contributed by atoms with Gasteiger partial charge in [-0.3, -0.25) is 14.5 Å². The third-order valence-electron chi connectivity index (χ3n) is 6.27. The van der Waals surface area contributed by atoms with Crippen LogP contribution in [0.25, 0.3) is 5.76 Å². The minimum absolute atomic E-state index is 0.0892. The number of amides is 1. The molecule has 1 aliphatic heterocycles. The Morgan fingerprint density at radius 2 is 1.61 bits per heavy atom. The molecular formula is C28H25F3N2O3. The van der Waals surface area contributed by atoms with Crippen LogP contribution < -0.4 is 9.80 Å². The van der Waals surface area contributed by atoms with E-state index in [1.54, 1.807) is 43.3 Å². The Bertz CT molecular complexity index is 1380. The molecule has 0 bridgehead atoms. The number of rotatable bonds is 4. The summed E-state index contributed by atoms with van der Waals surface area (Å²) in [5, 5.41) is 11.3. The lowest BCUT2D eigenvalue weighted by Gasteiger charge is -2.26. The maximum atomic E-state index is 13.5. The number of nitrogens with zero attached hydrogens (tertiary/aromatic N) is 2. The van der Waals surface area contributed by atoms with E-state index in [4.69, 9.17) is 0 Å². The van der Waals surface area contributed by atoms with E-state index in [0.717, 1.165) is 28.3 Å². The molecule has 8 heteroatoms. The Morgan fingerprint density at radius 1 is 0.944 bits per heavy atom. The SMILES string of the molecule is Cc1ccc(C)c(/C(O)=C2\C(=O)C(=O)N(c3cccc(C(F)(F)F)c3)C2c2ccc(N(C)C)cc2)c1. The number of carbonyl (C=O) groups excluding carboxylic acids is 2. The van der Waals surface area contributed by atoms with Crippen LogP contribution >= 0.6 is 0 Å². The smallest absolute Gasteiger partial charge is 0.416 e. The van der Waals surface area contributed by atoms with Gasteiger partial charge in [-0.2, -0.15) is 13.2 Å². The first-order valence-corrected chi connectivity index (χ1v) is 11.2. The van der Waals surface area contributed by atoms with Gasteiger partial charge in [0.25, 0.3) is 11.7 Å². The summed E-state index contributed by atoms with van der Waals surface area (Å²) < 4.78 is 40.4. The zero-order valence-corrected chi connectivity index (χ0v) is 20.2. The zero-order valence-electron chi connectivity index (χ0n) is 20.2. The second-order valence-electron chi connectivity index (χ2n) is 9.02. The van der Waals surface area contributed by atoms with Crippen molar-refractivity contribution in [1.82, 2.24) is 0 Å². The molecule has 0 saturated carbocycles.